The minimum Gasteiger partial charge on any atom is -0.225 e. The molecule has 8 heteroatoms. The molecule has 0 bridgehead atoms. The van der Waals surface area contributed by atoms with Crippen molar-refractivity contribution in [3.63, 3.8) is 0 Å². The van der Waals surface area contributed by atoms with E-state index >= 15 is 0 Å². The van der Waals surface area contributed by atoms with Gasteiger partial charge in [-0.15, -0.1) is 0 Å². The van der Waals surface area contributed by atoms with Crippen LogP contribution in [0.3, 0.4) is 0 Å². The molecule has 6 nitrogen and oxygen atoms in total. The molecule has 0 atom stereocenters. The molecule has 0 aromatic heterocycles. The van der Waals surface area contributed by atoms with Gasteiger partial charge in [-0.3, -0.25) is 0 Å². The van der Waals surface area contributed by atoms with Gasteiger partial charge in [0.15, 0.2) is 0 Å². The molecule has 1 aromatic rings. The lowest BCUT2D eigenvalue weighted by atomic mass is 9.81. The Kier molecular flexibility index (Phi) is 5.20. The molecule has 3 N–H and O–H groups in total. The molecule has 0 radical (unpaired) electrons. The van der Waals surface area contributed by atoms with E-state index in [1.807, 2.05) is 27.7 Å². The van der Waals surface area contributed by atoms with Crippen molar-refractivity contribution in [2.24, 2.45) is 16.5 Å². The van der Waals surface area contributed by atoms with Crippen molar-refractivity contribution in [3.8, 4) is 0 Å². The lowest BCUT2D eigenvalue weighted by Crippen LogP contribution is -2.36. The monoisotopic (exact) mass is 334 g/mol. The van der Waals surface area contributed by atoms with Gasteiger partial charge in [-0.25, -0.2) is 26.7 Å². The first kappa shape index (κ1) is 18.1. The van der Waals surface area contributed by atoms with Crippen LogP contribution < -0.4 is 9.86 Å². The maximum atomic E-state index is 12.2. The Bertz CT molecular complexity index is 690. The van der Waals surface area contributed by atoms with Crippen LogP contribution in [-0.4, -0.2) is 23.4 Å². The van der Waals surface area contributed by atoms with Crippen LogP contribution >= 0.6 is 0 Å². The van der Waals surface area contributed by atoms with E-state index in [4.69, 9.17) is 5.14 Å². The number of hydrogen-bond donors (Lipinski definition) is 2. The van der Waals surface area contributed by atoms with Gasteiger partial charge in [0.2, 0.25) is 20.0 Å². The first-order chi connectivity index (χ1) is 9.36. The molecule has 0 unspecified atom stereocenters. The highest BCUT2D eigenvalue weighted by Crippen LogP contribution is 2.25. The third-order valence-electron chi connectivity index (χ3n) is 3.74. The fraction of sp³-hybridized carbons (Fsp3) is 0.538. The molecule has 0 fully saturated rings. The Balaban J connectivity index is 2.94. The topological polar surface area (TPSA) is 106 Å². The molecule has 0 aliphatic carbocycles. The van der Waals surface area contributed by atoms with Crippen LogP contribution in [0.15, 0.2) is 34.1 Å². The normalized spacial score (nSPS) is 13.6. The summed E-state index contributed by atoms with van der Waals surface area (Å²) in [5.74, 6) is 0.310. The van der Waals surface area contributed by atoms with E-state index in [2.05, 4.69) is 4.72 Å². The molecule has 0 aliphatic rings. The van der Waals surface area contributed by atoms with E-state index in [0.717, 1.165) is 0 Å². The Labute approximate surface area is 126 Å². The maximum Gasteiger partial charge on any atom is 0.240 e. The third kappa shape index (κ3) is 4.77. The molecule has 0 spiro atoms. The smallest absolute Gasteiger partial charge is 0.225 e. The largest absolute Gasteiger partial charge is 0.240 e. The minimum absolute atomic E-state index is 0.00876. The number of primary sulfonamides is 1. The van der Waals surface area contributed by atoms with Crippen LogP contribution in [0.4, 0.5) is 0 Å². The van der Waals surface area contributed by atoms with E-state index in [-0.39, 0.29) is 15.2 Å². The van der Waals surface area contributed by atoms with Crippen molar-refractivity contribution in [3.05, 3.63) is 24.3 Å². The Morgan fingerprint density at radius 1 is 1.05 bits per heavy atom. The minimum atomic E-state index is -3.83. The summed E-state index contributed by atoms with van der Waals surface area (Å²) in [6.45, 7) is 8.29. The lowest BCUT2D eigenvalue weighted by Gasteiger charge is -2.29. The van der Waals surface area contributed by atoms with Crippen LogP contribution in [0.5, 0.6) is 0 Å². The van der Waals surface area contributed by atoms with E-state index in [1.165, 1.54) is 24.3 Å². The van der Waals surface area contributed by atoms with Crippen LogP contribution in [0.1, 0.15) is 27.7 Å². The molecule has 0 saturated heterocycles. The first-order valence-corrected chi connectivity index (χ1v) is 9.52. The first-order valence-electron chi connectivity index (χ1n) is 6.49. The highest BCUT2D eigenvalue weighted by molar-refractivity contribution is 7.89. The Morgan fingerprint density at radius 3 is 1.86 bits per heavy atom. The molecule has 1 aromatic carbocycles. The van der Waals surface area contributed by atoms with E-state index in [0.29, 0.717) is 12.5 Å². The van der Waals surface area contributed by atoms with Crippen LogP contribution in [0, 0.1) is 11.3 Å². The van der Waals surface area contributed by atoms with E-state index in [9.17, 15) is 16.8 Å². The summed E-state index contributed by atoms with van der Waals surface area (Å²) >= 11 is 0. The van der Waals surface area contributed by atoms with Gasteiger partial charge >= 0.3 is 0 Å². The number of nitrogens with one attached hydrogen (secondary N) is 1. The Hall–Kier alpha value is -0.960. The van der Waals surface area contributed by atoms with Crippen LogP contribution in [-0.2, 0) is 20.0 Å². The fourth-order valence-corrected chi connectivity index (χ4v) is 3.12. The van der Waals surface area contributed by atoms with Gasteiger partial charge in [-0.2, -0.15) is 0 Å². The predicted octanol–water partition coefficient (Wildman–Crippen LogP) is 1.29. The van der Waals surface area contributed by atoms with Gasteiger partial charge in [0.25, 0.3) is 0 Å². The molecule has 0 heterocycles. The number of rotatable bonds is 6. The second kappa shape index (κ2) is 6.04. The van der Waals surface area contributed by atoms with Crippen molar-refractivity contribution in [1.29, 1.82) is 0 Å². The van der Waals surface area contributed by atoms with Gasteiger partial charge in [-0.05, 0) is 35.6 Å². The van der Waals surface area contributed by atoms with E-state index in [1.54, 1.807) is 0 Å². The molecule has 0 aliphatic heterocycles. The van der Waals surface area contributed by atoms with Crippen LogP contribution in [0.25, 0.3) is 0 Å². The SMILES string of the molecule is CC(C)C(C)(C)CNS(=O)(=O)c1ccc(S(N)(=O)=O)cc1. The highest BCUT2D eigenvalue weighted by Gasteiger charge is 2.25. The third-order valence-corrected chi connectivity index (χ3v) is 6.09. The molecule has 120 valence electrons. The van der Waals surface area contributed by atoms with Crippen molar-refractivity contribution in [2.75, 3.05) is 6.54 Å². The number of hydrogen-bond acceptors (Lipinski definition) is 4. The highest BCUT2D eigenvalue weighted by atomic mass is 32.2. The summed E-state index contributed by atoms with van der Waals surface area (Å²) < 4.78 is 49.2. The second-order valence-corrected chi connectivity index (χ2v) is 9.31. The summed E-state index contributed by atoms with van der Waals surface area (Å²) in [7, 11) is -7.50. The van der Waals surface area contributed by atoms with Gasteiger partial charge < -0.3 is 0 Å². The lowest BCUT2D eigenvalue weighted by molar-refractivity contribution is 0.252. The van der Waals surface area contributed by atoms with Gasteiger partial charge in [-0.1, -0.05) is 27.7 Å². The van der Waals surface area contributed by atoms with Crippen LogP contribution in [0.2, 0.25) is 0 Å². The van der Waals surface area contributed by atoms with Crippen molar-refractivity contribution in [1.82, 2.24) is 4.72 Å². The number of sulfonamides is 2. The summed E-state index contributed by atoms with van der Waals surface area (Å²) in [6.07, 6.45) is 0. The average Bonchev–Trinajstić information content (AvgIpc) is 2.36. The molecule has 21 heavy (non-hydrogen) atoms. The number of nitrogens with two attached hydrogens (primary N) is 1. The average molecular weight is 334 g/mol. The van der Waals surface area contributed by atoms with Gasteiger partial charge in [0.05, 0.1) is 9.79 Å². The van der Waals surface area contributed by atoms with Crippen molar-refractivity contribution >= 4 is 20.0 Å². The zero-order chi connectivity index (χ0) is 16.5. The van der Waals surface area contributed by atoms with Crippen molar-refractivity contribution < 1.29 is 16.8 Å². The Morgan fingerprint density at radius 2 is 1.48 bits per heavy atom. The quantitative estimate of drug-likeness (QED) is 0.817. The van der Waals surface area contributed by atoms with Gasteiger partial charge in [0.1, 0.15) is 0 Å². The molecular weight excluding hydrogens is 312 g/mol. The van der Waals surface area contributed by atoms with Gasteiger partial charge in [0, 0.05) is 6.54 Å². The molecular formula is C13H22N2O4S2. The maximum absolute atomic E-state index is 12.2. The van der Waals surface area contributed by atoms with E-state index < -0.39 is 20.0 Å². The summed E-state index contributed by atoms with van der Waals surface area (Å²) in [6, 6.07) is 4.81. The molecule has 0 saturated carbocycles. The zero-order valence-corrected chi connectivity index (χ0v) is 14.3. The standard InChI is InChI=1S/C13H22N2O4S2/c1-10(2)13(3,4)9-15-21(18,19)12-7-5-11(6-8-12)20(14,16)17/h5-8,10,15H,9H2,1-4H3,(H2,14,16,17). The molecule has 0 amide bonds. The zero-order valence-electron chi connectivity index (χ0n) is 12.6. The number of benzene rings is 1. The summed E-state index contributed by atoms with van der Waals surface area (Å²) in [5, 5.41) is 4.97. The predicted molar refractivity (Wildman–Crippen MR) is 81.6 cm³/mol. The second-order valence-electron chi connectivity index (χ2n) is 5.98. The molecule has 1 rings (SSSR count). The van der Waals surface area contributed by atoms with Crippen molar-refractivity contribution in [2.45, 2.75) is 37.5 Å². The summed E-state index contributed by atoms with van der Waals surface area (Å²) in [4.78, 5) is -0.113. The summed E-state index contributed by atoms with van der Waals surface area (Å²) in [5.41, 5.74) is -0.187. The fourth-order valence-electron chi connectivity index (χ4n) is 1.38.